The average molecular weight is 273 g/mol. The van der Waals surface area contributed by atoms with Gasteiger partial charge >= 0.3 is 6.18 Å². The van der Waals surface area contributed by atoms with Crippen molar-refractivity contribution in [3.05, 3.63) is 17.5 Å². The van der Waals surface area contributed by atoms with E-state index in [2.05, 4.69) is 21.0 Å². The maximum absolute atomic E-state index is 12.4. The van der Waals surface area contributed by atoms with Crippen LogP contribution in [0.3, 0.4) is 0 Å². The minimum absolute atomic E-state index is 0.0434. The van der Waals surface area contributed by atoms with Gasteiger partial charge in [-0.1, -0.05) is 15.9 Å². The number of aryl methyl sites for hydroxylation is 1. The van der Waals surface area contributed by atoms with Crippen molar-refractivity contribution in [1.82, 2.24) is 9.78 Å². The third-order valence-corrected chi connectivity index (χ3v) is 2.24. The van der Waals surface area contributed by atoms with Crippen molar-refractivity contribution in [1.29, 1.82) is 0 Å². The minimum Gasteiger partial charge on any atom is -0.387 e. The molecule has 0 saturated heterocycles. The van der Waals surface area contributed by atoms with Gasteiger partial charge in [-0.15, -0.1) is 0 Å². The number of aliphatic hydroxyl groups is 1. The minimum atomic E-state index is -4.53. The lowest BCUT2D eigenvalue weighted by Crippen LogP contribution is -2.12. The Morgan fingerprint density at radius 2 is 2.21 bits per heavy atom. The number of aromatic nitrogens is 2. The standard InChI is InChI=1S/C7H8BrF3N2O/c1-13-3-4(5(14)2-8)6(12-13)7(9,10)11/h3,5,14H,2H2,1H3. The second-order valence-electron chi connectivity index (χ2n) is 2.77. The van der Waals surface area contributed by atoms with Crippen molar-refractivity contribution in [2.24, 2.45) is 7.05 Å². The first-order valence-electron chi connectivity index (χ1n) is 3.71. The molecule has 1 N–H and O–H groups in total. The Balaban J connectivity index is 3.16. The smallest absolute Gasteiger partial charge is 0.387 e. The van der Waals surface area contributed by atoms with Crippen LogP contribution in [0.25, 0.3) is 0 Å². The van der Waals surface area contributed by atoms with Gasteiger partial charge in [0.25, 0.3) is 0 Å². The Kier molecular flexibility index (Phi) is 3.20. The van der Waals surface area contributed by atoms with E-state index in [0.717, 1.165) is 10.9 Å². The zero-order valence-corrected chi connectivity index (χ0v) is 8.80. The molecule has 0 radical (unpaired) electrons. The molecule has 0 aliphatic carbocycles. The lowest BCUT2D eigenvalue weighted by Gasteiger charge is -2.08. The highest BCUT2D eigenvalue weighted by Crippen LogP contribution is 2.33. The first kappa shape index (κ1) is 11.5. The number of alkyl halides is 4. The zero-order valence-electron chi connectivity index (χ0n) is 7.22. The summed E-state index contributed by atoms with van der Waals surface area (Å²) >= 11 is 2.91. The molecule has 1 aromatic rings. The normalized spacial score (nSPS) is 14.4. The van der Waals surface area contributed by atoms with Crippen molar-refractivity contribution in [2.45, 2.75) is 12.3 Å². The molecule has 7 heteroatoms. The summed E-state index contributed by atoms with van der Waals surface area (Å²) in [5.74, 6) is 0. The Hall–Kier alpha value is -0.560. The summed E-state index contributed by atoms with van der Waals surface area (Å²) in [5.41, 5.74) is -1.25. The van der Waals surface area contributed by atoms with E-state index in [1.54, 1.807) is 0 Å². The van der Waals surface area contributed by atoms with Crippen LogP contribution in [0, 0.1) is 0 Å². The molecule has 14 heavy (non-hydrogen) atoms. The molecule has 0 amide bonds. The monoisotopic (exact) mass is 272 g/mol. The fourth-order valence-corrected chi connectivity index (χ4v) is 1.40. The quantitative estimate of drug-likeness (QED) is 0.835. The average Bonchev–Trinajstić information content (AvgIpc) is 2.45. The van der Waals surface area contributed by atoms with Crippen molar-refractivity contribution in [2.75, 3.05) is 5.33 Å². The van der Waals surface area contributed by atoms with Gasteiger partial charge in [-0.3, -0.25) is 4.68 Å². The SMILES string of the molecule is Cn1cc(C(O)CBr)c(C(F)(F)F)n1. The predicted molar refractivity (Wildman–Crippen MR) is 47.0 cm³/mol. The maximum Gasteiger partial charge on any atom is 0.435 e. The van der Waals surface area contributed by atoms with Crippen LogP contribution in [-0.2, 0) is 13.2 Å². The van der Waals surface area contributed by atoms with E-state index in [4.69, 9.17) is 0 Å². The van der Waals surface area contributed by atoms with Crippen LogP contribution in [-0.4, -0.2) is 20.2 Å². The highest BCUT2D eigenvalue weighted by atomic mass is 79.9. The van der Waals surface area contributed by atoms with Gasteiger partial charge in [-0.25, -0.2) is 0 Å². The number of aliphatic hydroxyl groups excluding tert-OH is 1. The Morgan fingerprint density at radius 3 is 2.64 bits per heavy atom. The van der Waals surface area contributed by atoms with E-state index in [1.807, 2.05) is 0 Å². The lowest BCUT2D eigenvalue weighted by atomic mass is 10.1. The third-order valence-electron chi connectivity index (χ3n) is 1.63. The summed E-state index contributed by atoms with van der Waals surface area (Å²) in [4.78, 5) is 0. The molecule has 1 heterocycles. The summed E-state index contributed by atoms with van der Waals surface area (Å²) in [6.07, 6.45) is -4.56. The number of rotatable bonds is 2. The molecule has 1 aromatic heterocycles. The van der Waals surface area contributed by atoms with Crippen LogP contribution in [0.4, 0.5) is 13.2 Å². The van der Waals surface area contributed by atoms with E-state index in [1.165, 1.54) is 7.05 Å². The fourth-order valence-electron chi connectivity index (χ4n) is 1.05. The van der Waals surface area contributed by atoms with E-state index in [-0.39, 0.29) is 10.9 Å². The van der Waals surface area contributed by atoms with Crippen LogP contribution in [0.2, 0.25) is 0 Å². The van der Waals surface area contributed by atoms with E-state index >= 15 is 0 Å². The molecule has 1 unspecified atom stereocenters. The van der Waals surface area contributed by atoms with Crippen molar-refractivity contribution >= 4 is 15.9 Å². The molecule has 80 valence electrons. The largest absolute Gasteiger partial charge is 0.435 e. The van der Waals surface area contributed by atoms with Gasteiger partial charge < -0.3 is 5.11 Å². The van der Waals surface area contributed by atoms with Gasteiger partial charge in [-0.2, -0.15) is 18.3 Å². The molecule has 1 rings (SSSR count). The summed E-state index contributed by atoms with van der Waals surface area (Å²) in [6.45, 7) is 0. The molecule has 0 aliphatic heterocycles. The van der Waals surface area contributed by atoms with Crippen molar-refractivity contribution in [3.63, 3.8) is 0 Å². The lowest BCUT2D eigenvalue weighted by molar-refractivity contribution is -0.142. The number of hydrogen-bond donors (Lipinski definition) is 1. The van der Waals surface area contributed by atoms with Gasteiger partial charge in [0.1, 0.15) is 0 Å². The van der Waals surface area contributed by atoms with Gasteiger partial charge in [0.05, 0.1) is 6.10 Å². The molecule has 0 bridgehead atoms. The summed E-state index contributed by atoms with van der Waals surface area (Å²) < 4.78 is 38.1. The first-order chi connectivity index (χ1) is 6.36. The fraction of sp³-hybridized carbons (Fsp3) is 0.571. The number of nitrogens with zero attached hydrogens (tertiary/aromatic N) is 2. The third kappa shape index (κ3) is 2.27. The molecule has 0 fully saturated rings. The van der Waals surface area contributed by atoms with Crippen LogP contribution >= 0.6 is 15.9 Å². The molecule has 3 nitrogen and oxygen atoms in total. The van der Waals surface area contributed by atoms with Gasteiger partial charge in [0.2, 0.25) is 0 Å². The van der Waals surface area contributed by atoms with Crippen LogP contribution < -0.4 is 0 Å². The molecule has 0 aromatic carbocycles. The molecular formula is C7H8BrF3N2O. The second-order valence-corrected chi connectivity index (χ2v) is 3.42. The second kappa shape index (κ2) is 3.90. The molecule has 0 saturated carbocycles. The Bertz CT molecular complexity index is 323. The van der Waals surface area contributed by atoms with E-state index in [0.29, 0.717) is 0 Å². The highest BCUT2D eigenvalue weighted by molar-refractivity contribution is 9.09. The van der Waals surface area contributed by atoms with Crippen molar-refractivity contribution < 1.29 is 18.3 Å². The van der Waals surface area contributed by atoms with Gasteiger partial charge in [0.15, 0.2) is 5.69 Å². The zero-order chi connectivity index (χ0) is 10.9. The molecular weight excluding hydrogens is 265 g/mol. The van der Waals surface area contributed by atoms with Crippen molar-refractivity contribution in [3.8, 4) is 0 Å². The molecule has 0 aliphatic rings. The van der Waals surface area contributed by atoms with Crippen LogP contribution in [0.1, 0.15) is 17.4 Å². The van der Waals surface area contributed by atoms with Crippen LogP contribution in [0.15, 0.2) is 6.20 Å². The summed E-state index contributed by atoms with van der Waals surface area (Å²) in [6, 6.07) is 0. The maximum atomic E-state index is 12.4. The Labute approximate surface area is 86.7 Å². The van der Waals surface area contributed by atoms with Crippen LogP contribution in [0.5, 0.6) is 0 Å². The summed E-state index contributed by atoms with van der Waals surface area (Å²) in [7, 11) is 1.37. The Morgan fingerprint density at radius 1 is 1.64 bits per heavy atom. The van der Waals surface area contributed by atoms with E-state index in [9.17, 15) is 18.3 Å². The topological polar surface area (TPSA) is 38.0 Å². The number of halogens is 4. The van der Waals surface area contributed by atoms with Gasteiger partial charge in [-0.05, 0) is 0 Å². The summed E-state index contributed by atoms with van der Waals surface area (Å²) in [5, 5.41) is 12.6. The number of hydrogen-bond acceptors (Lipinski definition) is 2. The predicted octanol–water partition coefficient (Wildman–Crippen LogP) is 1.87. The first-order valence-corrected chi connectivity index (χ1v) is 4.83. The van der Waals surface area contributed by atoms with Gasteiger partial charge in [0, 0.05) is 24.1 Å². The highest BCUT2D eigenvalue weighted by Gasteiger charge is 2.38. The molecule has 1 atom stereocenters. The molecule has 0 spiro atoms. The van der Waals surface area contributed by atoms with E-state index < -0.39 is 18.0 Å².